The minimum absolute atomic E-state index is 0.0588. The minimum Gasteiger partial charge on any atom is -0.424 e. The van der Waals surface area contributed by atoms with Crippen LogP contribution in [0.4, 0.5) is 23.5 Å². The maximum atomic E-state index is 13.5. The maximum Gasteiger partial charge on any atom is 0.419 e. The third-order valence-corrected chi connectivity index (χ3v) is 5.57. The van der Waals surface area contributed by atoms with Crippen molar-refractivity contribution in [3.05, 3.63) is 29.6 Å². The number of benzene rings is 1. The first-order chi connectivity index (χ1) is 13.7. The number of anilines is 1. The van der Waals surface area contributed by atoms with E-state index in [-0.39, 0.29) is 23.8 Å². The van der Waals surface area contributed by atoms with E-state index in [1.165, 1.54) is 4.68 Å². The number of ether oxygens (including phenoxy) is 1. The largest absolute Gasteiger partial charge is 0.424 e. The van der Waals surface area contributed by atoms with Gasteiger partial charge in [-0.25, -0.2) is 9.07 Å². The van der Waals surface area contributed by atoms with Crippen LogP contribution in [0, 0.1) is 17.7 Å². The number of nitrogens with zero attached hydrogens (tertiary/aromatic N) is 3. The molecular formula is C19H23F4N5O. The highest BCUT2D eigenvalue weighted by Crippen LogP contribution is 2.37. The van der Waals surface area contributed by atoms with Gasteiger partial charge in [-0.1, -0.05) is 0 Å². The molecular weight excluding hydrogens is 390 g/mol. The number of aromatic nitrogens is 3. The highest BCUT2D eigenvalue weighted by Gasteiger charge is 2.39. The Bertz CT molecular complexity index is 866. The fourth-order valence-corrected chi connectivity index (χ4v) is 4.14. The van der Waals surface area contributed by atoms with Gasteiger partial charge in [0.1, 0.15) is 11.6 Å². The molecule has 2 bridgehead atoms. The molecule has 2 N–H and O–H groups in total. The Labute approximate surface area is 165 Å². The van der Waals surface area contributed by atoms with E-state index in [0.29, 0.717) is 23.9 Å². The van der Waals surface area contributed by atoms with E-state index in [9.17, 15) is 17.6 Å². The summed E-state index contributed by atoms with van der Waals surface area (Å²) in [6, 6.07) is 2.71. The summed E-state index contributed by atoms with van der Waals surface area (Å²) < 4.78 is 59.5. The molecule has 1 aliphatic heterocycles. The van der Waals surface area contributed by atoms with Gasteiger partial charge in [0, 0.05) is 6.04 Å². The first-order valence-electron chi connectivity index (χ1n) is 9.70. The highest BCUT2D eigenvalue weighted by molar-refractivity contribution is 5.35. The second kappa shape index (κ2) is 7.47. The molecule has 29 heavy (non-hydrogen) atoms. The van der Waals surface area contributed by atoms with Crippen LogP contribution < -0.4 is 15.4 Å². The number of rotatable bonds is 5. The summed E-state index contributed by atoms with van der Waals surface area (Å²) >= 11 is 0. The van der Waals surface area contributed by atoms with Crippen molar-refractivity contribution in [3.8, 4) is 11.8 Å². The van der Waals surface area contributed by atoms with Crippen LogP contribution in [-0.4, -0.2) is 33.9 Å². The Hall–Kier alpha value is -2.36. The van der Waals surface area contributed by atoms with Gasteiger partial charge < -0.3 is 15.4 Å². The normalized spacial score (nSPS) is 24.2. The molecule has 0 radical (unpaired) electrons. The topological polar surface area (TPSA) is 64.0 Å². The summed E-state index contributed by atoms with van der Waals surface area (Å²) in [5, 5.41) is 11.2. The molecule has 10 heteroatoms. The Morgan fingerprint density at radius 1 is 1.21 bits per heavy atom. The summed E-state index contributed by atoms with van der Waals surface area (Å²) in [6.07, 6.45) is -2.53. The van der Waals surface area contributed by atoms with Crippen molar-refractivity contribution in [2.75, 3.05) is 18.4 Å². The summed E-state index contributed by atoms with van der Waals surface area (Å²) in [7, 11) is 0. The maximum absolute atomic E-state index is 13.5. The summed E-state index contributed by atoms with van der Waals surface area (Å²) in [6.45, 7) is 5.62. The SMILES string of the molecule is CC(C)n1nc(N[C@@H]2[C@@H]3CC[C@H]2CNC3)nc1Oc1ccc(F)c(C(F)(F)F)c1. The Kier molecular flexibility index (Phi) is 5.14. The van der Waals surface area contributed by atoms with Gasteiger partial charge in [0.05, 0.1) is 11.6 Å². The molecule has 0 amide bonds. The molecule has 3 atom stereocenters. The first-order valence-corrected chi connectivity index (χ1v) is 9.70. The molecule has 1 aromatic carbocycles. The van der Waals surface area contributed by atoms with E-state index in [2.05, 4.69) is 20.7 Å². The van der Waals surface area contributed by atoms with Gasteiger partial charge >= 0.3 is 12.2 Å². The zero-order valence-corrected chi connectivity index (χ0v) is 16.1. The van der Waals surface area contributed by atoms with Crippen molar-refractivity contribution in [3.63, 3.8) is 0 Å². The van der Waals surface area contributed by atoms with Gasteiger partial charge in [-0.15, -0.1) is 5.10 Å². The van der Waals surface area contributed by atoms with E-state index in [1.807, 2.05) is 13.8 Å². The van der Waals surface area contributed by atoms with Crippen molar-refractivity contribution in [2.45, 2.75) is 44.9 Å². The molecule has 6 nitrogen and oxygen atoms in total. The van der Waals surface area contributed by atoms with Crippen molar-refractivity contribution in [2.24, 2.45) is 11.8 Å². The van der Waals surface area contributed by atoms with Crippen LogP contribution in [0.1, 0.15) is 38.3 Å². The summed E-state index contributed by atoms with van der Waals surface area (Å²) in [4.78, 5) is 4.35. The second-order valence-electron chi connectivity index (χ2n) is 7.92. The lowest BCUT2D eigenvalue weighted by Gasteiger charge is -2.30. The second-order valence-corrected chi connectivity index (χ2v) is 7.92. The lowest BCUT2D eigenvalue weighted by Crippen LogP contribution is -2.45. The Balaban J connectivity index is 1.58. The van der Waals surface area contributed by atoms with E-state index >= 15 is 0 Å². The average molecular weight is 413 g/mol. The smallest absolute Gasteiger partial charge is 0.419 e. The lowest BCUT2D eigenvalue weighted by molar-refractivity contribution is -0.140. The molecule has 1 aromatic heterocycles. The zero-order chi connectivity index (χ0) is 20.8. The zero-order valence-electron chi connectivity index (χ0n) is 16.1. The molecule has 2 aromatic rings. The molecule has 0 unspecified atom stereocenters. The van der Waals surface area contributed by atoms with Crippen LogP contribution in [0.15, 0.2) is 18.2 Å². The van der Waals surface area contributed by atoms with Gasteiger partial charge in [0.2, 0.25) is 5.95 Å². The fraction of sp³-hybridized carbons (Fsp3) is 0.579. The van der Waals surface area contributed by atoms with Gasteiger partial charge in [0.15, 0.2) is 0 Å². The number of fused-ring (bicyclic) bond motifs is 2. The van der Waals surface area contributed by atoms with E-state index in [4.69, 9.17) is 4.74 Å². The number of nitrogens with one attached hydrogen (secondary N) is 2. The van der Waals surface area contributed by atoms with E-state index < -0.39 is 17.6 Å². The summed E-state index contributed by atoms with van der Waals surface area (Å²) in [5.74, 6) is -0.123. The number of halogens is 4. The van der Waals surface area contributed by atoms with Crippen LogP contribution in [-0.2, 0) is 6.18 Å². The number of hydrogen-bond acceptors (Lipinski definition) is 5. The van der Waals surface area contributed by atoms with Crippen LogP contribution in [0.25, 0.3) is 0 Å². The van der Waals surface area contributed by atoms with Gasteiger partial charge in [-0.2, -0.15) is 18.2 Å². The van der Waals surface area contributed by atoms with Crippen molar-refractivity contribution < 1.29 is 22.3 Å². The monoisotopic (exact) mass is 413 g/mol. The highest BCUT2D eigenvalue weighted by atomic mass is 19.4. The third-order valence-electron chi connectivity index (χ3n) is 5.57. The first kappa shape index (κ1) is 19.9. The molecule has 158 valence electrons. The molecule has 1 aliphatic carbocycles. The third kappa shape index (κ3) is 4.03. The van der Waals surface area contributed by atoms with Crippen LogP contribution >= 0.6 is 0 Å². The lowest BCUT2D eigenvalue weighted by atomic mass is 9.94. The van der Waals surface area contributed by atoms with Crippen molar-refractivity contribution in [1.29, 1.82) is 0 Å². The standard InChI is InChI=1S/C19H23F4N5O/c1-10(2)28-18(29-13-5-6-15(20)14(7-13)19(21,22)23)26-17(27-28)25-16-11-3-4-12(16)9-24-8-11/h5-7,10-12,16,24H,3-4,8-9H2,1-2H3,(H,25,27)/t11-,12+,16-. The molecule has 1 saturated carbocycles. The predicted octanol–water partition coefficient (Wildman–Crippen LogP) is 4.22. The Morgan fingerprint density at radius 3 is 2.52 bits per heavy atom. The fourth-order valence-electron chi connectivity index (χ4n) is 4.14. The molecule has 1 saturated heterocycles. The van der Waals surface area contributed by atoms with E-state index in [1.54, 1.807) is 0 Å². The minimum atomic E-state index is -4.81. The van der Waals surface area contributed by atoms with Crippen LogP contribution in [0.5, 0.6) is 11.8 Å². The van der Waals surface area contributed by atoms with Crippen LogP contribution in [0.2, 0.25) is 0 Å². The molecule has 2 aliphatic rings. The number of hydrogen-bond donors (Lipinski definition) is 2. The molecule has 2 heterocycles. The molecule has 0 spiro atoms. The average Bonchev–Trinajstić information content (AvgIpc) is 3.12. The quantitative estimate of drug-likeness (QED) is 0.719. The van der Waals surface area contributed by atoms with Gasteiger partial charge in [0.25, 0.3) is 0 Å². The number of alkyl halides is 3. The van der Waals surface area contributed by atoms with Crippen LogP contribution in [0.3, 0.4) is 0 Å². The Morgan fingerprint density at radius 2 is 1.90 bits per heavy atom. The predicted molar refractivity (Wildman–Crippen MR) is 98.4 cm³/mol. The summed E-state index contributed by atoms with van der Waals surface area (Å²) in [5.41, 5.74) is -1.38. The van der Waals surface area contributed by atoms with Gasteiger partial charge in [-0.3, -0.25) is 0 Å². The van der Waals surface area contributed by atoms with Crippen molar-refractivity contribution in [1.82, 2.24) is 20.1 Å². The van der Waals surface area contributed by atoms with Gasteiger partial charge in [-0.05, 0) is 69.8 Å². The molecule has 4 rings (SSSR count). The molecule has 2 fully saturated rings. The van der Waals surface area contributed by atoms with E-state index in [0.717, 1.165) is 38.1 Å². The number of piperidine rings is 1. The van der Waals surface area contributed by atoms with Crippen molar-refractivity contribution >= 4 is 5.95 Å².